The summed E-state index contributed by atoms with van der Waals surface area (Å²) in [7, 11) is 0. The zero-order valence-corrected chi connectivity index (χ0v) is 16.3. The number of carbonyl (C=O) groups is 2. The van der Waals surface area contributed by atoms with E-state index < -0.39 is 11.8 Å². The van der Waals surface area contributed by atoms with E-state index in [0.717, 1.165) is 11.1 Å². The molecule has 0 aliphatic rings. The number of benzene rings is 3. The van der Waals surface area contributed by atoms with Gasteiger partial charge in [-0.2, -0.15) is 5.10 Å². The molecule has 3 aromatic rings. The number of aryl methyl sites for hydroxylation is 1. The minimum atomic E-state index is -0.890. The van der Waals surface area contributed by atoms with E-state index in [9.17, 15) is 14.0 Å². The van der Waals surface area contributed by atoms with Gasteiger partial charge in [0.1, 0.15) is 18.2 Å². The van der Waals surface area contributed by atoms with E-state index in [1.807, 2.05) is 19.1 Å². The van der Waals surface area contributed by atoms with Crippen LogP contribution in [0, 0.1) is 12.7 Å². The van der Waals surface area contributed by atoms with Crippen molar-refractivity contribution >= 4 is 23.7 Å². The van der Waals surface area contributed by atoms with Crippen LogP contribution in [0.25, 0.3) is 0 Å². The Kier molecular flexibility index (Phi) is 6.89. The Hall–Kier alpha value is -4.00. The number of hydrazone groups is 1. The number of hydrogen-bond acceptors (Lipinski definition) is 4. The van der Waals surface area contributed by atoms with Gasteiger partial charge in [-0.1, -0.05) is 42.5 Å². The van der Waals surface area contributed by atoms with E-state index in [4.69, 9.17) is 4.74 Å². The summed E-state index contributed by atoms with van der Waals surface area (Å²) in [6, 6.07) is 20.2. The molecular weight excluding hydrogens is 385 g/mol. The quantitative estimate of drug-likeness (QED) is 0.372. The summed E-state index contributed by atoms with van der Waals surface area (Å²) < 4.78 is 18.8. The highest BCUT2D eigenvalue weighted by Gasteiger charge is 2.13. The molecule has 0 spiro atoms. The molecule has 0 fully saturated rings. The molecule has 0 bridgehead atoms. The first-order valence-corrected chi connectivity index (χ1v) is 9.19. The first-order chi connectivity index (χ1) is 14.5. The molecular formula is C23H20FN3O3. The highest BCUT2D eigenvalue weighted by molar-refractivity contribution is 6.39. The van der Waals surface area contributed by atoms with Crippen LogP contribution in [-0.4, -0.2) is 18.0 Å². The lowest BCUT2D eigenvalue weighted by molar-refractivity contribution is -0.136. The van der Waals surface area contributed by atoms with E-state index in [0.29, 0.717) is 17.0 Å². The predicted molar refractivity (Wildman–Crippen MR) is 113 cm³/mol. The molecule has 2 amide bonds. The summed E-state index contributed by atoms with van der Waals surface area (Å²) in [6.45, 7) is 2.07. The van der Waals surface area contributed by atoms with Gasteiger partial charge in [-0.25, -0.2) is 9.82 Å². The third-order valence-electron chi connectivity index (χ3n) is 4.20. The average Bonchev–Trinajstić information content (AvgIpc) is 2.75. The molecule has 3 rings (SSSR count). The molecule has 0 saturated heterocycles. The van der Waals surface area contributed by atoms with E-state index in [-0.39, 0.29) is 12.4 Å². The van der Waals surface area contributed by atoms with Crippen LogP contribution in [0.15, 0.2) is 77.9 Å². The number of hydrogen-bond donors (Lipinski definition) is 2. The van der Waals surface area contributed by atoms with Gasteiger partial charge in [0.25, 0.3) is 0 Å². The van der Waals surface area contributed by atoms with Crippen molar-refractivity contribution in [1.82, 2.24) is 5.43 Å². The van der Waals surface area contributed by atoms with Gasteiger partial charge in [0, 0.05) is 11.3 Å². The molecule has 3 aromatic carbocycles. The molecule has 0 unspecified atom stereocenters. The largest absolute Gasteiger partial charge is 0.488 e. The summed E-state index contributed by atoms with van der Waals surface area (Å²) in [4.78, 5) is 24.0. The lowest BCUT2D eigenvalue weighted by Crippen LogP contribution is -2.32. The zero-order chi connectivity index (χ0) is 21.3. The summed E-state index contributed by atoms with van der Waals surface area (Å²) in [5.41, 5.74) is 5.02. The number of anilines is 1. The Morgan fingerprint density at radius 2 is 1.67 bits per heavy atom. The number of ether oxygens (including phenoxy) is 1. The van der Waals surface area contributed by atoms with Crippen LogP contribution in [0.5, 0.6) is 5.75 Å². The summed E-state index contributed by atoms with van der Waals surface area (Å²) in [5.74, 6) is -1.49. The van der Waals surface area contributed by atoms with E-state index in [1.54, 1.807) is 48.5 Å². The molecule has 6 nitrogen and oxygen atoms in total. The second kappa shape index (κ2) is 9.97. The highest BCUT2D eigenvalue weighted by Crippen LogP contribution is 2.18. The van der Waals surface area contributed by atoms with Gasteiger partial charge in [0.15, 0.2) is 0 Å². The second-order valence-electron chi connectivity index (χ2n) is 6.42. The van der Waals surface area contributed by atoms with Gasteiger partial charge < -0.3 is 10.1 Å². The first-order valence-electron chi connectivity index (χ1n) is 9.19. The molecule has 7 heteroatoms. The Balaban J connectivity index is 1.58. The van der Waals surface area contributed by atoms with E-state index in [1.165, 1.54) is 18.3 Å². The SMILES string of the molecule is Cc1ccccc1NC(=O)C(=O)N/N=C\c1ccccc1OCc1ccc(F)cc1. The fraction of sp³-hybridized carbons (Fsp3) is 0.0870. The zero-order valence-electron chi connectivity index (χ0n) is 16.3. The van der Waals surface area contributed by atoms with Crippen molar-refractivity contribution < 1.29 is 18.7 Å². The molecule has 0 atom stereocenters. The number of para-hydroxylation sites is 2. The number of nitrogens with zero attached hydrogens (tertiary/aromatic N) is 1. The molecule has 152 valence electrons. The number of amides is 2. The summed E-state index contributed by atoms with van der Waals surface area (Å²) >= 11 is 0. The molecule has 0 aromatic heterocycles. The van der Waals surface area contributed by atoms with Gasteiger partial charge >= 0.3 is 11.8 Å². The number of rotatable bonds is 6. The Bertz CT molecular complexity index is 1070. The van der Waals surface area contributed by atoms with Crippen molar-refractivity contribution in [2.24, 2.45) is 5.10 Å². The van der Waals surface area contributed by atoms with Crippen LogP contribution in [0.2, 0.25) is 0 Å². The average molecular weight is 405 g/mol. The minimum absolute atomic E-state index is 0.246. The van der Waals surface area contributed by atoms with Crippen molar-refractivity contribution in [3.05, 3.63) is 95.3 Å². The monoisotopic (exact) mass is 405 g/mol. The normalized spacial score (nSPS) is 10.6. The summed E-state index contributed by atoms with van der Waals surface area (Å²) in [6.07, 6.45) is 1.39. The van der Waals surface area contributed by atoms with Crippen LogP contribution in [0.3, 0.4) is 0 Å². The molecule has 0 aliphatic heterocycles. The molecule has 30 heavy (non-hydrogen) atoms. The van der Waals surface area contributed by atoms with E-state index in [2.05, 4.69) is 15.8 Å². The smallest absolute Gasteiger partial charge is 0.329 e. The molecule has 2 N–H and O–H groups in total. The number of halogens is 1. The Labute approximate surface area is 173 Å². The number of carbonyl (C=O) groups excluding carboxylic acids is 2. The molecule has 0 saturated carbocycles. The van der Waals surface area contributed by atoms with Crippen molar-refractivity contribution in [2.45, 2.75) is 13.5 Å². The standard InChI is InChI=1S/C23H20FN3O3/c1-16-6-2-4-8-20(16)26-22(28)23(29)27-25-14-18-7-3-5-9-21(18)30-15-17-10-12-19(24)13-11-17/h2-14H,15H2,1H3,(H,26,28)(H,27,29)/b25-14-. The maximum atomic E-state index is 13.0. The summed E-state index contributed by atoms with van der Waals surface area (Å²) in [5, 5.41) is 6.38. The van der Waals surface area contributed by atoms with Gasteiger partial charge in [-0.3, -0.25) is 9.59 Å². The van der Waals surface area contributed by atoms with Gasteiger partial charge in [-0.15, -0.1) is 0 Å². The predicted octanol–water partition coefficient (Wildman–Crippen LogP) is 3.80. The van der Waals surface area contributed by atoms with Crippen LogP contribution < -0.4 is 15.5 Å². The lowest BCUT2D eigenvalue weighted by Gasteiger charge is -2.09. The van der Waals surface area contributed by atoms with Gasteiger partial charge in [-0.05, 0) is 48.4 Å². The fourth-order valence-corrected chi connectivity index (χ4v) is 2.56. The molecule has 0 radical (unpaired) electrons. The van der Waals surface area contributed by atoms with Crippen LogP contribution in [0.4, 0.5) is 10.1 Å². The van der Waals surface area contributed by atoms with Crippen molar-refractivity contribution in [2.75, 3.05) is 5.32 Å². The first kappa shape index (κ1) is 20.7. The fourth-order valence-electron chi connectivity index (χ4n) is 2.56. The molecule has 0 heterocycles. The van der Waals surface area contributed by atoms with Crippen molar-refractivity contribution in [3.63, 3.8) is 0 Å². The van der Waals surface area contributed by atoms with Crippen LogP contribution in [0.1, 0.15) is 16.7 Å². The van der Waals surface area contributed by atoms with Crippen LogP contribution in [-0.2, 0) is 16.2 Å². The third-order valence-corrected chi connectivity index (χ3v) is 4.20. The van der Waals surface area contributed by atoms with Crippen molar-refractivity contribution in [1.29, 1.82) is 0 Å². The lowest BCUT2D eigenvalue weighted by atomic mass is 10.2. The van der Waals surface area contributed by atoms with Gasteiger partial charge in [0.2, 0.25) is 0 Å². The Morgan fingerprint density at radius 1 is 0.967 bits per heavy atom. The van der Waals surface area contributed by atoms with E-state index >= 15 is 0 Å². The van der Waals surface area contributed by atoms with Crippen LogP contribution >= 0.6 is 0 Å². The topological polar surface area (TPSA) is 79.8 Å². The second-order valence-corrected chi connectivity index (χ2v) is 6.42. The molecule has 0 aliphatic carbocycles. The minimum Gasteiger partial charge on any atom is -0.488 e. The van der Waals surface area contributed by atoms with Gasteiger partial charge in [0.05, 0.1) is 6.21 Å². The third kappa shape index (κ3) is 5.75. The number of nitrogens with one attached hydrogen (secondary N) is 2. The maximum Gasteiger partial charge on any atom is 0.329 e. The Morgan fingerprint density at radius 3 is 2.43 bits per heavy atom. The highest BCUT2D eigenvalue weighted by atomic mass is 19.1. The maximum absolute atomic E-state index is 13.0. The van der Waals surface area contributed by atoms with Crippen molar-refractivity contribution in [3.8, 4) is 5.75 Å².